The number of rotatable bonds is 5. The average Bonchev–Trinajstić information content (AvgIpc) is 3.01. The summed E-state index contributed by atoms with van der Waals surface area (Å²) in [7, 11) is -3.71. The summed E-state index contributed by atoms with van der Waals surface area (Å²) >= 11 is 7.55. The molecule has 2 aromatic rings. The number of ether oxygens (including phenoxy) is 1. The molecule has 2 saturated heterocycles. The maximum Gasteiger partial charge on any atom is 0.263 e. The average molecular weight is 386 g/mol. The van der Waals surface area contributed by atoms with Crippen molar-refractivity contribution in [2.24, 2.45) is 0 Å². The number of aromatic nitrogens is 1. The fourth-order valence-electron chi connectivity index (χ4n) is 3.19. The molecule has 1 saturated carbocycles. The summed E-state index contributed by atoms with van der Waals surface area (Å²) in [6.07, 6.45) is 3.26. The Hall–Kier alpha value is -1.35. The Morgan fingerprint density at radius 1 is 1.29 bits per heavy atom. The highest BCUT2D eigenvalue weighted by Gasteiger charge is 2.38. The van der Waals surface area contributed by atoms with Gasteiger partial charge in [0, 0.05) is 17.5 Å². The summed E-state index contributed by atoms with van der Waals surface area (Å²) in [5.41, 5.74) is 1.56. The normalized spacial score (nSPS) is 25.8. The van der Waals surface area contributed by atoms with Gasteiger partial charge in [0.1, 0.15) is 11.9 Å². The van der Waals surface area contributed by atoms with Crippen molar-refractivity contribution in [2.75, 3.05) is 4.72 Å². The number of nitrogens with zero attached hydrogens (tertiary/aromatic N) is 1. The van der Waals surface area contributed by atoms with E-state index in [1.165, 1.54) is 29.9 Å². The van der Waals surface area contributed by atoms with Gasteiger partial charge >= 0.3 is 0 Å². The zero-order valence-corrected chi connectivity index (χ0v) is 15.0. The number of thiazole rings is 1. The van der Waals surface area contributed by atoms with Crippen LogP contribution in [0.2, 0.25) is 5.02 Å². The molecule has 0 spiro atoms. The third-order valence-electron chi connectivity index (χ3n) is 4.31. The minimum absolute atomic E-state index is 0.0843. The Kier molecular flexibility index (Phi) is 4.16. The summed E-state index contributed by atoms with van der Waals surface area (Å²) in [6, 6.07) is 5.60. The first-order chi connectivity index (χ1) is 11.5. The van der Waals surface area contributed by atoms with Crippen LogP contribution in [-0.2, 0) is 10.0 Å². The SMILES string of the molecule is O=S(=O)(Nc1cscn1)c1ccc(O[C@@H]2C[C@H]3C[C@@H](C2)N3)c(Cl)c1. The summed E-state index contributed by atoms with van der Waals surface area (Å²) in [5.74, 6) is 0.820. The van der Waals surface area contributed by atoms with Gasteiger partial charge in [-0.25, -0.2) is 13.4 Å². The van der Waals surface area contributed by atoms with E-state index in [0.717, 1.165) is 12.8 Å². The minimum Gasteiger partial charge on any atom is -0.489 e. The highest BCUT2D eigenvalue weighted by molar-refractivity contribution is 7.92. The zero-order chi connectivity index (χ0) is 16.7. The van der Waals surface area contributed by atoms with E-state index in [4.69, 9.17) is 16.3 Å². The third-order valence-corrected chi connectivity index (χ3v) is 6.55. The van der Waals surface area contributed by atoms with Crippen LogP contribution >= 0.6 is 22.9 Å². The Morgan fingerprint density at radius 3 is 2.67 bits per heavy atom. The number of benzene rings is 1. The number of hydrogen-bond acceptors (Lipinski definition) is 6. The van der Waals surface area contributed by atoms with Crippen LogP contribution in [0.5, 0.6) is 5.75 Å². The predicted octanol–water partition coefficient (Wildman–Crippen LogP) is 2.87. The number of sulfonamides is 1. The molecule has 3 aliphatic rings. The first-order valence-corrected chi connectivity index (χ1v) is 10.4. The number of nitrogens with one attached hydrogen (secondary N) is 2. The van der Waals surface area contributed by atoms with Gasteiger partial charge in [-0.1, -0.05) is 11.6 Å². The fraction of sp³-hybridized carbons (Fsp3) is 0.400. The van der Waals surface area contributed by atoms with Crippen LogP contribution in [0, 0.1) is 0 Å². The van der Waals surface area contributed by atoms with Crippen LogP contribution in [0.4, 0.5) is 5.82 Å². The van der Waals surface area contributed by atoms with Crippen molar-refractivity contribution in [1.29, 1.82) is 0 Å². The van der Waals surface area contributed by atoms with Gasteiger partial charge in [0.2, 0.25) is 0 Å². The quantitative estimate of drug-likeness (QED) is 0.827. The van der Waals surface area contributed by atoms with E-state index < -0.39 is 10.0 Å². The van der Waals surface area contributed by atoms with Gasteiger partial charge in [-0.2, -0.15) is 0 Å². The van der Waals surface area contributed by atoms with Crippen molar-refractivity contribution in [3.8, 4) is 5.75 Å². The van der Waals surface area contributed by atoms with Crippen molar-refractivity contribution in [3.05, 3.63) is 34.1 Å². The van der Waals surface area contributed by atoms with E-state index in [-0.39, 0.29) is 11.0 Å². The zero-order valence-electron chi connectivity index (χ0n) is 12.6. The molecule has 5 rings (SSSR count). The van der Waals surface area contributed by atoms with Crippen LogP contribution in [0.1, 0.15) is 19.3 Å². The van der Waals surface area contributed by atoms with Crippen LogP contribution in [0.25, 0.3) is 0 Å². The molecule has 1 aliphatic carbocycles. The largest absolute Gasteiger partial charge is 0.489 e. The fourth-order valence-corrected chi connectivity index (χ4v) is 5.06. The van der Waals surface area contributed by atoms with E-state index >= 15 is 0 Å². The van der Waals surface area contributed by atoms with Gasteiger partial charge in [-0.15, -0.1) is 11.3 Å². The molecule has 2 bridgehead atoms. The van der Waals surface area contributed by atoms with Crippen LogP contribution in [0.3, 0.4) is 0 Å². The number of halogens is 1. The molecule has 3 heterocycles. The lowest BCUT2D eigenvalue weighted by Gasteiger charge is -2.46. The lowest BCUT2D eigenvalue weighted by molar-refractivity contribution is 0.0556. The molecule has 0 radical (unpaired) electrons. The third kappa shape index (κ3) is 3.23. The van der Waals surface area contributed by atoms with Gasteiger partial charge < -0.3 is 10.1 Å². The molecule has 1 aromatic heterocycles. The Bertz CT molecular complexity index is 826. The van der Waals surface area contributed by atoms with Crippen molar-refractivity contribution >= 4 is 38.8 Å². The Morgan fingerprint density at radius 2 is 2.04 bits per heavy atom. The first kappa shape index (κ1) is 16.1. The second-order valence-corrected chi connectivity index (χ2v) is 8.89. The Labute approximate surface area is 149 Å². The van der Waals surface area contributed by atoms with E-state index in [1.807, 2.05) is 0 Å². The standard InChI is InChI=1S/C15H16ClN3O3S2/c16-13-6-12(24(20,21)19-15-7-23-8-17-15)1-2-14(13)22-11-4-9-3-10(5-11)18-9/h1-2,6-11,18-19H,3-5H2/t9-,10+,11-. The lowest BCUT2D eigenvalue weighted by Crippen LogP contribution is -2.60. The number of hydrogen-bond donors (Lipinski definition) is 2. The molecule has 24 heavy (non-hydrogen) atoms. The van der Waals surface area contributed by atoms with Crippen molar-refractivity contribution in [2.45, 2.75) is 42.3 Å². The van der Waals surface area contributed by atoms with Crippen molar-refractivity contribution in [3.63, 3.8) is 0 Å². The van der Waals surface area contributed by atoms with E-state index in [9.17, 15) is 8.42 Å². The van der Waals surface area contributed by atoms with Crippen molar-refractivity contribution < 1.29 is 13.2 Å². The van der Waals surface area contributed by atoms with Gasteiger partial charge in [-0.05, 0) is 37.5 Å². The van der Waals surface area contributed by atoms with Crippen molar-refractivity contribution in [1.82, 2.24) is 10.3 Å². The van der Waals surface area contributed by atoms with E-state index in [1.54, 1.807) is 17.0 Å². The van der Waals surface area contributed by atoms with E-state index in [0.29, 0.717) is 28.7 Å². The molecule has 128 valence electrons. The number of piperidine rings is 1. The minimum atomic E-state index is -3.71. The number of fused-ring (bicyclic) bond motifs is 2. The summed E-state index contributed by atoms with van der Waals surface area (Å²) in [6.45, 7) is 0. The molecular formula is C15H16ClN3O3S2. The maximum absolute atomic E-state index is 12.3. The molecule has 0 amide bonds. The molecular weight excluding hydrogens is 370 g/mol. The van der Waals surface area contributed by atoms with Gasteiger partial charge in [0.15, 0.2) is 5.82 Å². The predicted molar refractivity (Wildman–Crippen MR) is 93.4 cm³/mol. The van der Waals surface area contributed by atoms with Gasteiger partial charge in [0.25, 0.3) is 10.0 Å². The second-order valence-electron chi connectivity index (χ2n) is 6.08. The maximum atomic E-state index is 12.3. The second kappa shape index (κ2) is 6.18. The Balaban J connectivity index is 1.49. The summed E-state index contributed by atoms with van der Waals surface area (Å²) in [4.78, 5) is 4.00. The van der Waals surface area contributed by atoms with Crippen LogP contribution in [-0.4, -0.2) is 31.6 Å². The van der Waals surface area contributed by atoms with Gasteiger partial charge in [0.05, 0.1) is 15.4 Å². The summed E-state index contributed by atoms with van der Waals surface area (Å²) in [5, 5.41) is 5.37. The molecule has 9 heteroatoms. The van der Waals surface area contributed by atoms with Gasteiger partial charge in [-0.3, -0.25) is 4.72 Å². The molecule has 2 aliphatic heterocycles. The molecule has 1 aromatic carbocycles. The monoisotopic (exact) mass is 385 g/mol. The molecule has 3 atom stereocenters. The van der Waals surface area contributed by atoms with Crippen LogP contribution < -0.4 is 14.8 Å². The summed E-state index contributed by atoms with van der Waals surface area (Å²) < 4.78 is 33.1. The number of anilines is 1. The molecule has 2 N–H and O–H groups in total. The topological polar surface area (TPSA) is 80.3 Å². The molecule has 3 fully saturated rings. The van der Waals surface area contributed by atoms with Crippen LogP contribution in [0.15, 0.2) is 34.0 Å². The van der Waals surface area contributed by atoms with E-state index in [2.05, 4.69) is 15.0 Å². The smallest absolute Gasteiger partial charge is 0.263 e. The molecule has 0 unspecified atom stereocenters. The first-order valence-electron chi connectivity index (χ1n) is 7.63. The lowest BCUT2D eigenvalue weighted by atomic mass is 9.81. The highest BCUT2D eigenvalue weighted by Crippen LogP contribution is 2.34. The highest BCUT2D eigenvalue weighted by atomic mass is 35.5. The molecule has 6 nitrogen and oxygen atoms in total.